The van der Waals surface area contributed by atoms with E-state index in [1.807, 2.05) is 24.3 Å². The number of hydrogen-bond donors (Lipinski definition) is 7. The molecule has 194 valence electrons. The van der Waals surface area contributed by atoms with Crippen molar-refractivity contribution in [1.29, 1.82) is 0 Å². The minimum Gasteiger partial charge on any atom is -0.496 e. The number of hydrogen-bond acceptors (Lipinski definition) is 9. The Hall–Kier alpha value is -3.84. The summed E-state index contributed by atoms with van der Waals surface area (Å²) in [5, 5.41) is 18.3. The highest BCUT2D eigenvalue weighted by Gasteiger charge is 2.08. The lowest BCUT2D eigenvalue weighted by Gasteiger charge is -2.03. The van der Waals surface area contributed by atoms with Gasteiger partial charge in [-0.25, -0.2) is 0 Å². The first-order valence-corrected chi connectivity index (χ1v) is 10.3. The Labute approximate surface area is 204 Å². The van der Waals surface area contributed by atoms with E-state index < -0.39 is 18.0 Å². The molecule has 12 heteroatoms. The number of nitrogens with one attached hydrogen (secondary N) is 1. The molecular formula is C23H35N5O7. The van der Waals surface area contributed by atoms with E-state index in [1.165, 1.54) is 6.92 Å². The molecule has 0 spiro atoms. The molecule has 11 N–H and O–H groups in total. The minimum absolute atomic E-state index is 0.117. The van der Waals surface area contributed by atoms with Gasteiger partial charge in [0.1, 0.15) is 18.1 Å². The van der Waals surface area contributed by atoms with Gasteiger partial charge in [0.15, 0.2) is 0 Å². The van der Waals surface area contributed by atoms with E-state index in [0.29, 0.717) is 30.8 Å². The zero-order valence-electron chi connectivity index (χ0n) is 19.8. The van der Waals surface area contributed by atoms with Crippen molar-refractivity contribution in [2.45, 2.75) is 25.9 Å². The zero-order chi connectivity index (χ0) is 27.2. The number of aliphatic carboxylic acids is 2. The highest BCUT2D eigenvalue weighted by Crippen LogP contribution is 2.15. The number of ether oxygens (including phenoxy) is 1. The third kappa shape index (κ3) is 18.3. The van der Waals surface area contributed by atoms with Crippen LogP contribution < -0.4 is 33.0 Å². The van der Waals surface area contributed by atoms with Crippen LogP contribution in [-0.4, -0.2) is 60.6 Å². The van der Waals surface area contributed by atoms with Gasteiger partial charge in [0.05, 0.1) is 13.7 Å². The number of nitrogens with two attached hydrogens (primary N) is 4. The normalized spacial score (nSPS) is 9.89. The van der Waals surface area contributed by atoms with E-state index in [4.69, 9.17) is 32.2 Å². The molecular weight excluding hydrogens is 458 g/mol. The first-order valence-electron chi connectivity index (χ1n) is 10.3. The van der Waals surface area contributed by atoms with Crippen LogP contribution in [0.25, 0.3) is 0 Å². The Balaban J connectivity index is 0. The quantitative estimate of drug-likeness (QED) is 0.248. The number of aldehydes is 1. The standard InChI is InChI=1S/C9H9NO2.C8H11NO.C4H10N2O2.C2H5NO2/c1-7(12)10-9-4-2-8(6-11)3-5-9;1-10-8-5-3-2-4-7(8)6-9;5-2-1-3(6)4(7)8;3-1-2(4)5/h2-6H,1H3,(H,10,12);2-5H,6,9H2,1H3;3H,1-2,5-6H2,(H,7,8);1,3H2,(H,4,5)/t;;3-;/m..0./s1. The third-order valence-electron chi connectivity index (χ3n) is 3.75. The molecule has 0 aromatic heterocycles. The first-order chi connectivity index (χ1) is 16.6. The van der Waals surface area contributed by atoms with E-state index in [1.54, 1.807) is 31.4 Å². The zero-order valence-corrected chi connectivity index (χ0v) is 19.8. The fourth-order valence-corrected chi connectivity index (χ4v) is 2.02. The summed E-state index contributed by atoms with van der Waals surface area (Å²) < 4.78 is 5.06. The summed E-state index contributed by atoms with van der Waals surface area (Å²) in [5.41, 5.74) is 22.4. The predicted molar refractivity (Wildman–Crippen MR) is 133 cm³/mol. The second-order valence-electron chi connectivity index (χ2n) is 6.56. The summed E-state index contributed by atoms with van der Waals surface area (Å²) in [7, 11) is 1.65. The molecule has 2 aromatic carbocycles. The van der Waals surface area contributed by atoms with Gasteiger partial charge in [-0.15, -0.1) is 0 Å². The third-order valence-corrected chi connectivity index (χ3v) is 3.75. The Bertz CT molecular complexity index is 869. The molecule has 2 aromatic rings. The maximum Gasteiger partial charge on any atom is 0.320 e. The molecule has 12 nitrogen and oxygen atoms in total. The van der Waals surface area contributed by atoms with Crippen LogP contribution in [0.3, 0.4) is 0 Å². The molecule has 0 saturated heterocycles. The van der Waals surface area contributed by atoms with Crippen LogP contribution in [0, 0.1) is 0 Å². The van der Waals surface area contributed by atoms with Gasteiger partial charge in [-0.1, -0.05) is 18.2 Å². The number of carbonyl (C=O) groups is 4. The average Bonchev–Trinajstić information content (AvgIpc) is 2.85. The monoisotopic (exact) mass is 493 g/mol. The van der Waals surface area contributed by atoms with Gasteiger partial charge in [-0.05, 0) is 43.3 Å². The second-order valence-corrected chi connectivity index (χ2v) is 6.56. The van der Waals surface area contributed by atoms with Crippen LogP contribution >= 0.6 is 0 Å². The van der Waals surface area contributed by atoms with E-state index in [9.17, 15) is 19.2 Å². The number of methoxy groups -OCH3 is 1. The summed E-state index contributed by atoms with van der Waals surface area (Å²) in [6.07, 6.45) is 1.10. The van der Waals surface area contributed by atoms with Gasteiger partial charge < -0.3 is 43.2 Å². The summed E-state index contributed by atoms with van der Waals surface area (Å²) >= 11 is 0. The SMILES string of the molecule is CC(=O)Nc1ccc(C=O)cc1.COc1ccccc1CN.NCC(=O)O.NCC[C@H](N)C(=O)O. The van der Waals surface area contributed by atoms with Crippen LogP contribution in [0.1, 0.15) is 29.3 Å². The molecule has 0 unspecified atom stereocenters. The van der Waals surface area contributed by atoms with Crippen molar-refractivity contribution >= 4 is 29.8 Å². The van der Waals surface area contributed by atoms with Crippen LogP contribution in [-0.2, 0) is 20.9 Å². The van der Waals surface area contributed by atoms with Gasteiger partial charge in [0.25, 0.3) is 0 Å². The highest BCUT2D eigenvalue weighted by atomic mass is 16.5. The molecule has 0 radical (unpaired) electrons. The van der Waals surface area contributed by atoms with E-state index in [0.717, 1.165) is 17.6 Å². The largest absolute Gasteiger partial charge is 0.496 e. The number of para-hydroxylation sites is 1. The van der Waals surface area contributed by atoms with Crippen molar-refractivity contribution in [3.05, 3.63) is 59.7 Å². The molecule has 1 amide bonds. The molecule has 0 aliphatic rings. The fraction of sp³-hybridized carbons (Fsp3) is 0.304. The lowest BCUT2D eigenvalue weighted by Crippen LogP contribution is -2.32. The van der Waals surface area contributed by atoms with Crippen LogP contribution in [0.5, 0.6) is 5.75 Å². The Morgan fingerprint density at radius 2 is 1.57 bits per heavy atom. The number of carboxylic acids is 2. The number of rotatable bonds is 8. The van der Waals surface area contributed by atoms with Gasteiger partial charge in [-0.2, -0.15) is 0 Å². The molecule has 0 aliphatic heterocycles. The molecule has 0 heterocycles. The second kappa shape index (κ2) is 20.7. The molecule has 0 aliphatic carbocycles. The molecule has 2 rings (SSSR count). The highest BCUT2D eigenvalue weighted by molar-refractivity contribution is 5.89. The van der Waals surface area contributed by atoms with Crippen LogP contribution in [0.4, 0.5) is 5.69 Å². The maximum atomic E-state index is 10.6. The van der Waals surface area contributed by atoms with Gasteiger partial charge in [-0.3, -0.25) is 19.2 Å². The van der Waals surface area contributed by atoms with Crippen molar-refractivity contribution in [3.63, 3.8) is 0 Å². The predicted octanol–water partition coefficient (Wildman–Crippen LogP) is 0.388. The van der Waals surface area contributed by atoms with Crippen molar-refractivity contribution in [1.82, 2.24) is 0 Å². The smallest absolute Gasteiger partial charge is 0.320 e. The van der Waals surface area contributed by atoms with Gasteiger partial charge in [0.2, 0.25) is 5.91 Å². The summed E-state index contributed by atoms with van der Waals surface area (Å²) in [6, 6.07) is 13.6. The maximum absolute atomic E-state index is 10.6. The number of carboxylic acid groups (broad SMARTS) is 2. The number of amides is 1. The van der Waals surface area contributed by atoms with Crippen molar-refractivity contribution in [3.8, 4) is 5.75 Å². The molecule has 35 heavy (non-hydrogen) atoms. The van der Waals surface area contributed by atoms with E-state index in [2.05, 4.69) is 11.1 Å². The summed E-state index contributed by atoms with van der Waals surface area (Å²) in [6.45, 7) is 2.02. The average molecular weight is 494 g/mol. The van der Waals surface area contributed by atoms with Crippen LogP contribution in [0.2, 0.25) is 0 Å². The van der Waals surface area contributed by atoms with Crippen molar-refractivity contribution in [2.75, 3.05) is 25.5 Å². The Kier molecular flexibility index (Phi) is 19.8. The van der Waals surface area contributed by atoms with Crippen molar-refractivity contribution in [2.24, 2.45) is 22.9 Å². The van der Waals surface area contributed by atoms with E-state index >= 15 is 0 Å². The topological polar surface area (TPSA) is 234 Å². The Morgan fingerprint density at radius 1 is 1.03 bits per heavy atom. The summed E-state index contributed by atoms with van der Waals surface area (Å²) in [4.78, 5) is 40.0. The molecule has 1 atom stereocenters. The van der Waals surface area contributed by atoms with Gasteiger partial charge >= 0.3 is 11.9 Å². The molecule has 0 bridgehead atoms. The first kappa shape index (κ1) is 33.3. The minimum atomic E-state index is -0.990. The van der Waals surface area contributed by atoms with Crippen LogP contribution in [0.15, 0.2) is 48.5 Å². The lowest BCUT2D eigenvalue weighted by molar-refractivity contribution is -0.138. The van der Waals surface area contributed by atoms with Crippen molar-refractivity contribution < 1.29 is 34.1 Å². The molecule has 0 saturated carbocycles. The number of anilines is 1. The fourth-order valence-electron chi connectivity index (χ4n) is 2.02. The Morgan fingerprint density at radius 3 is 1.89 bits per heavy atom. The number of carbonyl (C=O) groups excluding carboxylic acids is 2. The van der Waals surface area contributed by atoms with Gasteiger partial charge in [0, 0.05) is 30.3 Å². The summed E-state index contributed by atoms with van der Waals surface area (Å²) in [5.74, 6) is -1.21. The molecule has 0 fully saturated rings. The lowest BCUT2D eigenvalue weighted by atomic mass is 10.2. The van der Waals surface area contributed by atoms with E-state index in [-0.39, 0.29) is 12.5 Å². The number of benzene rings is 2.